The summed E-state index contributed by atoms with van der Waals surface area (Å²) in [5.41, 5.74) is 0.722. The molecule has 8 heteroatoms. The summed E-state index contributed by atoms with van der Waals surface area (Å²) in [6.07, 6.45) is 2.27. The van der Waals surface area contributed by atoms with Crippen LogP contribution in [-0.2, 0) is 10.0 Å². The third kappa shape index (κ3) is 3.34. The fourth-order valence-electron chi connectivity index (χ4n) is 2.20. The van der Waals surface area contributed by atoms with E-state index in [1.165, 1.54) is 22.6 Å². The molecule has 0 atom stereocenters. The van der Waals surface area contributed by atoms with E-state index in [1.807, 2.05) is 0 Å². The van der Waals surface area contributed by atoms with Crippen LogP contribution in [0.1, 0.15) is 6.42 Å². The minimum Gasteiger partial charge on any atom is -0.243 e. The van der Waals surface area contributed by atoms with Crippen molar-refractivity contribution in [3.05, 3.63) is 36.3 Å². The number of sulfonamides is 1. The molecule has 0 saturated carbocycles. The highest BCUT2D eigenvalue weighted by Gasteiger charge is 2.27. The van der Waals surface area contributed by atoms with Gasteiger partial charge in [0.15, 0.2) is 4.21 Å². The normalized spacial score (nSPS) is 17.3. The smallest absolute Gasteiger partial charge is 0.243 e. The lowest BCUT2D eigenvalue weighted by Gasteiger charge is -2.17. The van der Waals surface area contributed by atoms with Gasteiger partial charge in [-0.15, -0.1) is 11.3 Å². The average molecular weight is 358 g/mol. The summed E-state index contributed by atoms with van der Waals surface area (Å²) in [5, 5.41) is 0.586. The van der Waals surface area contributed by atoms with E-state index in [2.05, 4.69) is 4.98 Å². The molecule has 1 saturated heterocycles. The Bertz CT molecular complexity index is 736. The van der Waals surface area contributed by atoms with Crippen molar-refractivity contribution in [3.8, 4) is 10.6 Å². The Balaban J connectivity index is 1.87. The number of halogens is 1. The maximum Gasteiger partial charge on any atom is 0.254 e. The Labute approximate surface area is 137 Å². The summed E-state index contributed by atoms with van der Waals surface area (Å²) in [6.45, 7) is 1.09. The van der Waals surface area contributed by atoms with Crippen LogP contribution in [0.2, 0.25) is 0 Å². The van der Waals surface area contributed by atoms with Crippen LogP contribution in [0, 0.1) is 5.82 Å². The number of thiazole rings is 1. The number of nitrogens with zero attached hydrogens (tertiary/aromatic N) is 2. The van der Waals surface area contributed by atoms with E-state index < -0.39 is 10.0 Å². The van der Waals surface area contributed by atoms with Gasteiger partial charge in [-0.3, -0.25) is 0 Å². The second-order valence-electron chi connectivity index (χ2n) is 4.86. The van der Waals surface area contributed by atoms with Crippen molar-refractivity contribution in [1.82, 2.24) is 9.29 Å². The van der Waals surface area contributed by atoms with Crippen LogP contribution in [0.4, 0.5) is 4.39 Å². The third-order valence-corrected chi connectivity index (χ3v) is 7.78. The Morgan fingerprint density at radius 3 is 2.68 bits per heavy atom. The fraction of sp³-hybridized carbons (Fsp3) is 0.357. The van der Waals surface area contributed by atoms with Gasteiger partial charge in [0.05, 0.1) is 6.20 Å². The highest BCUT2D eigenvalue weighted by atomic mass is 32.2. The zero-order chi connectivity index (χ0) is 15.6. The fourth-order valence-corrected chi connectivity index (χ4v) is 5.97. The molecular formula is C14H15FN2O2S3. The van der Waals surface area contributed by atoms with Gasteiger partial charge in [0, 0.05) is 24.4 Å². The molecule has 1 fully saturated rings. The van der Waals surface area contributed by atoms with E-state index in [-0.39, 0.29) is 10.0 Å². The van der Waals surface area contributed by atoms with E-state index in [0.29, 0.717) is 18.1 Å². The molecule has 1 aliphatic rings. The monoisotopic (exact) mass is 358 g/mol. The summed E-state index contributed by atoms with van der Waals surface area (Å²) in [6, 6.07) is 5.90. The van der Waals surface area contributed by atoms with E-state index in [0.717, 1.165) is 34.8 Å². The predicted molar refractivity (Wildman–Crippen MR) is 88.2 cm³/mol. The van der Waals surface area contributed by atoms with Gasteiger partial charge in [0.25, 0.3) is 10.0 Å². The highest BCUT2D eigenvalue weighted by molar-refractivity contribution is 7.99. The summed E-state index contributed by atoms with van der Waals surface area (Å²) in [7, 11) is -3.48. The number of hydrogen-bond donors (Lipinski definition) is 0. The number of rotatable bonds is 3. The first-order valence-electron chi connectivity index (χ1n) is 6.87. The lowest BCUT2D eigenvalue weighted by molar-refractivity contribution is 0.436. The number of benzene rings is 1. The van der Waals surface area contributed by atoms with Gasteiger partial charge < -0.3 is 0 Å². The van der Waals surface area contributed by atoms with E-state index in [1.54, 1.807) is 23.9 Å². The average Bonchev–Trinajstić information content (AvgIpc) is 2.84. The first-order valence-corrected chi connectivity index (χ1v) is 10.3. The minimum absolute atomic E-state index is 0.249. The topological polar surface area (TPSA) is 50.3 Å². The molecule has 0 radical (unpaired) electrons. The van der Waals surface area contributed by atoms with Crippen molar-refractivity contribution in [2.45, 2.75) is 10.6 Å². The van der Waals surface area contributed by atoms with Crippen LogP contribution < -0.4 is 0 Å². The minimum atomic E-state index is -3.48. The van der Waals surface area contributed by atoms with Gasteiger partial charge in [-0.05, 0) is 36.4 Å². The predicted octanol–water partition coefficient (Wildman–Crippen LogP) is 3.08. The molecule has 0 unspecified atom stereocenters. The van der Waals surface area contributed by atoms with Crippen molar-refractivity contribution >= 4 is 33.1 Å². The van der Waals surface area contributed by atoms with Gasteiger partial charge in [0.1, 0.15) is 10.8 Å². The SMILES string of the molecule is O=S(=O)(c1cnc(-c2ccc(F)cc2)s1)N1CCCSCC1. The maximum absolute atomic E-state index is 13.0. The van der Waals surface area contributed by atoms with E-state index in [4.69, 9.17) is 0 Å². The van der Waals surface area contributed by atoms with Crippen molar-refractivity contribution in [1.29, 1.82) is 0 Å². The zero-order valence-corrected chi connectivity index (χ0v) is 14.2. The first kappa shape index (κ1) is 15.9. The molecule has 4 nitrogen and oxygen atoms in total. The standard InChI is InChI=1S/C14H15FN2O2S3/c15-12-4-2-11(3-5-12)14-16-10-13(21-14)22(18,19)17-6-1-8-20-9-7-17/h2-5,10H,1,6-9H2. The molecule has 0 bridgehead atoms. The van der Waals surface area contributed by atoms with Gasteiger partial charge in [0.2, 0.25) is 0 Å². The summed E-state index contributed by atoms with van der Waals surface area (Å²) in [4.78, 5) is 4.19. The summed E-state index contributed by atoms with van der Waals surface area (Å²) < 4.78 is 40.1. The molecule has 0 spiro atoms. The van der Waals surface area contributed by atoms with Gasteiger partial charge in [-0.1, -0.05) is 0 Å². The lowest BCUT2D eigenvalue weighted by Crippen LogP contribution is -2.32. The molecular weight excluding hydrogens is 343 g/mol. The van der Waals surface area contributed by atoms with Crippen LogP contribution in [-0.4, -0.2) is 42.3 Å². The molecule has 118 valence electrons. The van der Waals surface area contributed by atoms with Crippen molar-refractivity contribution < 1.29 is 12.8 Å². The van der Waals surface area contributed by atoms with Gasteiger partial charge in [-0.2, -0.15) is 16.1 Å². The van der Waals surface area contributed by atoms with Gasteiger partial charge in [-0.25, -0.2) is 17.8 Å². The van der Waals surface area contributed by atoms with Crippen LogP contribution in [0.3, 0.4) is 0 Å². The van der Waals surface area contributed by atoms with Crippen LogP contribution in [0.5, 0.6) is 0 Å². The summed E-state index contributed by atoms with van der Waals surface area (Å²) >= 11 is 2.91. The number of aromatic nitrogens is 1. The lowest BCUT2D eigenvalue weighted by atomic mass is 10.2. The van der Waals surface area contributed by atoms with Crippen LogP contribution >= 0.6 is 23.1 Å². The van der Waals surface area contributed by atoms with Crippen LogP contribution in [0.25, 0.3) is 10.6 Å². The molecule has 22 heavy (non-hydrogen) atoms. The highest BCUT2D eigenvalue weighted by Crippen LogP contribution is 2.30. The maximum atomic E-state index is 13.0. The molecule has 2 aromatic rings. The second kappa shape index (κ2) is 6.66. The molecule has 0 amide bonds. The van der Waals surface area contributed by atoms with E-state index in [9.17, 15) is 12.8 Å². The first-order chi connectivity index (χ1) is 10.6. The van der Waals surface area contributed by atoms with Gasteiger partial charge >= 0.3 is 0 Å². The molecule has 0 N–H and O–H groups in total. The Kier molecular flexibility index (Phi) is 4.82. The van der Waals surface area contributed by atoms with Crippen molar-refractivity contribution in [3.63, 3.8) is 0 Å². The number of thioether (sulfide) groups is 1. The van der Waals surface area contributed by atoms with E-state index >= 15 is 0 Å². The molecule has 1 aromatic heterocycles. The van der Waals surface area contributed by atoms with Crippen LogP contribution in [0.15, 0.2) is 34.7 Å². The Morgan fingerprint density at radius 2 is 1.91 bits per heavy atom. The largest absolute Gasteiger partial charge is 0.254 e. The Morgan fingerprint density at radius 1 is 1.14 bits per heavy atom. The summed E-state index contributed by atoms with van der Waals surface area (Å²) in [5.74, 6) is 1.49. The molecule has 3 rings (SSSR count). The number of hydrogen-bond acceptors (Lipinski definition) is 5. The Hall–Kier alpha value is -0.960. The molecule has 2 heterocycles. The zero-order valence-electron chi connectivity index (χ0n) is 11.7. The second-order valence-corrected chi connectivity index (χ2v) is 9.28. The quantitative estimate of drug-likeness (QED) is 0.846. The molecule has 0 aliphatic carbocycles. The van der Waals surface area contributed by atoms with Crippen molar-refractivity contribution in [2.24, 2.45) is 0 Å². The third-order valence-electron chi connectivity index (χ3n) is 3.35. The van der Waals surface area contributed by atoms with Crippen molar-refractivity contribution in [2.75, 3.05) is 24.6 Å². The molecule has 1 aliphatic heterocycles. The molecule has 1 aromatic carbocycles.